The zero-order valence-electron chi connectivity index (χ0n) is 10.2. The number of aryl methyl sites for hydroxylation is 1. The van der Waals surface area contributed by atoms with Crippen molar-refractivity contribution in [3.63, 3.8) is 0 Å². The van der Waals surface area contributed by atoms with Crippen LogP contribution in [0.5, 0.6) is 0 Å². The van der Waals surface area contributed by atoms with Crippen molar-refractivity contribution in [3.05, 3.63) is 35.1 Å². The van der Waals surface area contributed by atoms with Gasteiger partial charge in [0.25, 0.3) is 0 Å². The van der Waals surface area contributed by atoms with Crippen molar-refractivity contribution in [2.24, 2.45) is 5.41 Å². The van der Waals surface area contributed by atoms with Crippen LogP contribution in [0.4, 0.5) is 0 Å². The Balaban J connectivity index is 1.89. The van der Waals surface area contributed by atoms with Crippen LogP contribution in [0.25, 0.3) is 11.0 Å². The van der Waals surface area contributed by atoms with E-state index in [1.54, 1.807) is 0 Å². The highest BCUT2D eigenvalue weighted by Crippen LogP contribution is 2.44. The molecule has 1 saturated heterocycles. The van der Waals surface area contributed by atoms with E-state index in [0.717, 1.165) is 5.58 Å². The van der Waals surface area contributed by atoms with Crippen LogP contribution in [0.15, 0.2) is 22.8 Å². The van der Waals surface area contributed by atoms with E-state index < -0.39 is 0 Å². The third kappa shape index (κ3) is 1.25. The second kappa shape index (κ2) is 3.14. The van der Waals surface area contributed by atoms with Gasteiger partial charge in [-0.1, -0.05) is 12.1 Å². The van der Waals surface area contributed by atoms with Crippen LogP contribution >= 0.6 is 0 Å². The molecule has 2 aromatic rings. The Morgan fingerprint density at radius 3 is 3.06 bits per heavy atom. The lowest BCUT2D eigenvalue weighted by Crippen LogP contribution is -2.24. The Bertz CT molecular complexity index is 590. The highest BCUT2D eigenvalue weighted by molar-refractivity contribution is 5.85. The van der Waals surface area contributed by atoms with Gasteiger partial charge in [0.15, 0.2) is 0 Å². The fourth-order valence-corrected chi connectivity index (χ4v) is 3.62. The Morgan fingerprint density at radius 1 is 1.29 bits per heavy atom. The molecule has 1 unspecified atom stereocenters. The molecule has 0 saturated carbocycles. The molecular formula is C15H17NO. The lowest BCUT2D eigenvalue weighted by Gasteiger charge is -2.20. The second-order valence-electron chi connectivity index (χ2n) is 5.78. The highest BCUT2D eigenvalue weighted by atomic mass is 16.3. The largest absolute Gasteiger partial charge is 0.464 e. The molecule has 0 bridgehead atoms. The first kappa shape index (κ1) is 9.72. The van der Waals surface area contributed by atoms with Crippen LogP contribution in [0.3, 0.4) is 0 Å². The van der Waals surface area contributed by atoms with Gasteiger partial charge in [0.1, 0.15) is 5.58 Å². The quantitative estimate of drug-likeness (QED) is 0.748. The van der Waals surface area contributed by atoms with E-state index in [9.17, 15) is 0 Å². The predicted octanol–water partition coefficient (Wildman–Crippen LogP) is 2.82. The van der Waals surface area contributed by atoms with Gasteiger partial charge in [0, 0.05) is 11.9 Å². The molecule has 2 aliphatic rings. The maximum atomic E-state index is 5.77. The summed E-state index contributed by atoms with van der Waals surface area (Å²) in [4.78, 5) is 0. The summed E-state index contributed by atoms with van der Waals surface area (Å²) in [6, 6.07) is 4.54. The molecule has 1 aromatic carbocycles. The molecular weight excluding hydrogens is 210 g/mol. The summed E-state index contributed by atoms with van der Waals surface area (Å²) in [5.74, 6) is 0. The number of hydrogen-bond acceptors (Lipinski definition) is 2. The smallest absolute Gasteiger partial charge is 0.137 e. The SMILES string of the molecule is Cc1coc2c3c(ccc12)CC1(CCNC1)C3. The van der Waals surface area contributed by atoms with Gasteiger partial charge in [0.2, 0.25) is 0 Å². The molecule has 1 fully saturated rings. The van der Waals surface area contributed by atoms with Gasteiger partial charge in [-0.05, 0) is 54.8 Å². The first-order valence-electron chi connectivity index (χ1n) is 6.47. The Kier molecular flexibility index (Phi) is 1.79. The number of nitrogens with one attached hydrogen (secondary N) is 1. The third-order valence-corrected chi connectivity index (χ3v) is 4.59. The van der Waals surface area contributed by atoms with Crippen LogP contribution in [-0.4, -0.2) is 13.1 Å². The summed E-state index contributed by atoms with van der Waals surface area (Å²) in [5, 5.41) is 4.81. The highest BCUT2D eigenvalue weighted by Gasteiger charge is 2.40. The van der Waals surface area contributed by atoms with Crippen LogP contribution in [0, 0.1) is 12.3 Å². The van der Waals surface area contributed by atoms with Crippen molar-refractivity contribution in [1.29, 1.82) is 0 Å². The van der Waals surface area contributed by atoms with Crippen LogP contribution in [0.1, 0.15) is 23.1 Å². The third-order valence-electron chi connectivity index (χ3n) is 4.59. The van der Waals surface area contributed by atoms with E-state index in [0.29, 0.717) is 5.41 Å². The molecule has 0 radical (unpaired) electrons. The molecule has 4 rings (SSSR count). The molecule has 2 heteroatoms. The van der Waals surface area contributed by atoms with Crippen molar-refractivity contribution in [1.82, 2.24) is 5.32 Å². The lowest BCUT2D eigenvalue weighted by molar-refractivity contribution is 0.345. The molecule has 17 heavy (non-hydrogen) atoms. The molecule has 1 aromatic heterocycles. The minimum Gasteiger partial charge on any atom is -0.464 e. The Labute approximate surface area is 101 Å². The summed E-state index contributed by atoms with van der Waals surface area (Å²) in [6.07, 6.45) is 5.62. The summed E-state index contributed by atoms with van der Waals surface area (Å²) >= 11 is 0. The van der Waals surface area contributed by atoms with Gasteiger partial charge < -0.3 is 9.73 Å². The monoisotopic (exact) mass is 227 g/mol. The molecule has 2 heterocycles. The number of furan rings is 1. The van der Waals surface area contributed by atoms with E-state index in [-0.39, 0.29) is 0 Å². The maximum Gasteiger partial charge on any atom is 0.137 e. The first-order chi connectivity index (χ1) is 8.27. The number of rotatable bonds is 0. The topological polar surface area (TPSA) is 25.2 Å². The lowest BCUT2D eigenvalue weighted by atomic mass is 9.84. The average Bonchev–Trinajstić information content (AvgIpc) is 2.99. The minimum absolute atomic E-state index is 0.483. The van der Waals surface area contributed by atoms with Gasteiger partial charge in [-0.25, -0.2) is 0 Å². The van der Waals surface area contributed by atoms with Gasteiger partial charge in [0.05, 0.1) is 6.26 Å². The molecule has 0 amide bonds. The number of fused-ring (bicyclic) bond motifs is 3. The van der Waals surface area contributed by atoms with Crippen molar-refractivity contribution in [3.8, 4) is 0 Å². The summed E-state index contributed by atoms with van der Waals surface area (Å²) < 4.78 is 5.77. The summed E-state index contributed by atoms with van der Waals surface area (Å²) in [5.41, 5.74) is 5.86. The number of benzene rings is 1. The molecule has 1 aliphatic heterocycles. The Hall–Kier alpha value is -1.28. The maximum absolute atomic E-state index is 5.77. The van der Waals surface area contributed by atoms with E-state index in [4.69, 9.17) is 4.42 Å². The zero-order chi connectivity index (χ0) is 11.5. The fourth-order valence-electron chi connectivity index (χ4n) is 3.62. The molecule has 1 atom stereocenters. The van der Waals surface area contributed by atoms with Crippen LogP contribution in [0.2, 0.25) is 0 Å². The predicted molar refractivity (Wildman–Crippen MR) is 68.3 cm³/mol. The minimum atomic E-state index is 0.483. The normalized spacial score (nSPS) is 27.1. The summed E-state index contributed by atoms with van der Waals surface area (Å²) in [7, 11) is 0. The zero-order valence-corrected chi connectivity index (χ0v) is 10.2. The van der Waals surface area contributed by atoms with Crippen molar-refractivity contribution < 1.29 is 4.42 Å². The molecule has 1 N–H and O–H groups in total. The molecule has 1 aliphatic carbocycles. The number of hydrogen-bond donors (Lipinski definition) is 1. The average molecular weight is 227 g/mol. The van der Waals surface area contributed by atoms with E-state index in [1.165, 1.54) is 54.4 Å². The van der Waals surface area contributed by atoms with Crippen molar-refractivity contribution in [2.45, 2.75) is 26.2 Å². The standard InChI is InChI=1S/C15H17NO/c1-10-8-17-14-12(10)3-2-11-6-15(7-13(11)14)4-5-16-9-15/h2-3,8,16H,4-7,9H2,1H3. The van der Waals surface area contributed by atoms with E-state index in [2.05, 4.69) is 24.4 Å². The van der Waals surface area contributed by atoms with E-state index in [1.807, 2.05) is 6.26 Å². The van der Waals surface area contributed by atoms with Crippen molar-refractivity contribution >= 4 is 11.0 Å². The van der Waals surface area contributed by atoms with Gasteiger partial charge in [-0.2, -0.15) is 0 Å². The molecule has 2 nitrogen and oxygen atoms in total. The fraction of sp³-hybridized carbons (Fsp3) is 0.467. The van der Waals surface area contributed by atoms with Gasteiger partial charge in [-0.15, -0.1) is 0 Å². The van der Waals surface area contributed by atoms with Gasteiger partial charge in [-0.3, -0.25) is 0 Å². The van der Waals surface area contributed by atoms with E-state index >= 15 is 0 Å². The van der Waals surface area contributed by atoms with Gasteiger partial charge >= 0.3 is 0 Å². The molecule has 88 valence electrons. The Morgan fingerprint density at radius 2 is 2.24 bits per heavy atom. The van der Waals surface area contributed by atoms with Crippen LogP contribution < -0.4 is 5.32 Å². The van der Waals surface area contributed by atoms with Crippen molar-refractivity contribution in [2.75, 3.05) is 13.1 Å². The summed E-state index contributed by atoms with van der Waals surface area (Å²) in [6.45, 7) is 4.47. The van der Waals surface area contributed by atoms with Crippen LogP contribution in [-0.2, 0) is 12.8 Å². The molecule has 1 spiro atoms. The first-order valence-corrected chi connectivity index (χ1v) is 6.47. The second-order valence-corrected chi connectivity index (χ2v) is 5.78.